The molecule has 164 valence electrons. The molecule has 4 rings (SSSR count). The summed E-state index contributed by atoms with van der Waals surface area (Å²) >= 11 is 0. The van der Waals surface area contributed by atoms with Gasteiger partial charge < -0.3 is 15.0 Å². The molecule has 0 radical (unpaired) electrons. The third kappa shape index (κ3) is 4.80. The third-order valence-electron chi connectivity index (χ3n) is 5.50. The second kappa shape index (κ2) is 9.22. The van der Waals surface area contributed by atoms with E-state index in [0.29, 0.717) is 35.5 Å². The molecular formula is C26H25FN2O3. The van der Waals surface area contributed by atoms with Crippen LogP contribution in [-0.2, 0) is 22.6 Å². The molecule has 32 heavy (non-hydrogen) atoms. The average Bonchev–Trinajstić information content (AvgIpc) is 2.78. The minimum absolute atomic E-state index is 0.0804. The summed E-state index contributed by atoms with van der Waals surface area (Å²) in [6.45, 7) is 3.77. The Labute approximate surface area is 186 Å². The van der Waals surface area contributed by atoms with Crippen LogP contribution in [-0.4, -0.2) is 17.9 Å². The van der Waals surface area contributed by atoms with Crippen LogP contribution in [0.2, 0.25) is 0 Å². The highest BCUT2D eigenvalue weighted by Gasteiger charge is 2.32. The monoisotopic (exact) mass is 432 g/mol. The molecule has 1 aliphatic heterocycles. The molecule has 1 atom stereocenters. The van der Waals surface area contributed by atoms with Crippen molar-refractivity contribution in [3.63, 3.8) is 0 Å². The van der Waals surface area contributed by atoms with E-state index in [2.05, 4.69) is 5.32 Å². The molecule has 5 nitrogen and oxygen atoms in total. The fraction of sp³-hybridized carbons (Fsp3) is 0.231. The lowest BCUT2D eigenvalue weighted by Crippen LogP contribution is -2.44. The van der Waals surface area contributed by atoms with Crippen LogP contribution in [0.5, 0.6) is 5.75 Å². The van der Waals surface area contributed by atoms with Gasteiger partial charge in [-0.25, -0.2) is 4.39 Å². The fourth-order valence-electron chi connectivity index (χ4n) is 3.68. The summed E-state index contributed by atoms with van der Waals surface area (Å²) in [5.41, 5.74) is 3.75. The van der Waals surface area contributed by atoms with E-state index in [1.165, 1.54) is 16.5 Å². The third-order valence-corrected chi connectivity index (χ3v) is 5.50. The Balaban J connectivity index is 1.50. The van der Waals surface area contributed by atoms with E-state index in [1.807, 2.05) is 31.2 Å². The maximum Gasteiger partial charge on any atom is 0.268 e. The van der Waals surface area contributed by atoms with Crippen LogP contribution in [0, 0.1) is 12.7 Å². The Hall–Kier alpha value is -3.67. The number of anilines is 2. The molecule has 1 unspecified atom stereocenters. The maximum absolute atomic E-state index is 14.2. The summed E-state index contributed by atoms with van der Waals surface area (Å²) in [6, 6.07) is 19.6. The van der Waals surface area contributed by atoms with Gasteiger partial charge in [0, 0.05) is 17.7 Å². The Morgan fingerprint density at radius 3 is 2.59 bits per heavy atom. The molecule has 3 aromatic rings. The number of nitrogens with zero attached hydrogens (tertiary/aromatic N) is 1. The lowest BCUT2D eigenvalue weighted by molar-refractivity contribution is -0.125. The Bertz CT molecular complexity index is 1140. The van der Waals surface area contributed by atoms with Crippen molar-refractivity contribution in [3.05, 3.63) is 89.2 Å². The zero-order valence-electron chi connectivity index (χ0n) is 18.1. The molecule has 0 bridgehead atoms. The van der Waals surface area contributed by atoms with E-state index >= 15 is 0 Å². The standard InChI is InChI=1S/C26H25FN2O3/c1-17-7-9-19(10-8-17)11-14-25(30)28-21-12-13-24-23(15-21)29(26(31)18(2)32-24)16-20-5-3-4-6-22(20)27/h3-10,12-13,15,18H,11,14,16H2,1-2H3,(H,28,30). The maximum atomic E-state index is 14.2. The van der Waals surface area contributed by atoms with Crippen LogP contribution in [0.25, 0.3) is 0 Å². The second-order valence-corrected chi connectivity index (χ2v) is 7.99. The van der Waals surface area contributed by atoms with E-state index < -0.39 is 6.10 Å². The normalized spacial score (nSPS) is 15.2. The highest BCUT2D eigenvalue weighted by Crippen LogP contribution is 2.37. The molecule has 2 amide bonds. The van der Waals surface area contributed by atoms with Crippen molar-refractivity contribution < 1.29 is 18.7 Å². The summed E-state index contributed by atoms with van der Waals surface area (Å²) < 4.78 is 19.9. The average molecular weight is 432 g/mol. The van der Waals surface area contributed by atoms with Crippen molar-refractivity contribution in [3.8, 4) is 5.75 Å². The van der Waals surface area contributed by atoms with Gasteiger partial charge in [-0.3, -0.25) is 9.59 Å². The Morgan fingerprint density at radius 2 is 1.84 bits per heavy atom. The molecule has 0 saturated carbocycles. The molecule has 1 N–H and O–H groups in total. The first-order chi connectivity index (χ1) is 15.4. The van der Waals surface area contributed by atoms with Crippen molar-refractivity contribution in [2.75, 3.05) is 10.2 Å². The molecule has 6 heteroatoms. The predicted molar refractivity (Wildman–Crippen MR) is 122 cm³/mol. The minimum atomic E-state index is -0.677. The summed E-state index contributed by atoms with van der Waals surface area (Å²) in [6.07, 6.45) is 0.297. The van der Waals surface area contributed by atoms with Crippen molar-refractivity contribution in [1.29, 1.82) is 0 Å². The number of rotatable bonds is 6. The van der Waals surface area contributed by atoms with Gasteiger partial charge in [-0.2, -0.15) is 0 Å². The fourth-order valence-corrected chi connectivity index (χ4v) is 3.68. The van der Waals surface area contributed by atoms with Gasteiger partial charge in [0.2, 0.25) is 5.91 Å². The summed E-state index contributed by atoms with van der Waals surface area (Å²) in [5.74, 6) is -0.237. The van der Waals surface area contributed by atoms with Crippen LogP contribution in [0.4, 0.5) is 15.8 Å². The molecule has 1 heterocycles. The largest absolute Gasteiger partial charge is 0.479 e. The predicted octanol–water partition coefficient (Wildman–Crippen LogP) is 5.02. The molecule has 0 aliphatic carbocycles. The number of hydrogen-bond acceptors (Lipinski definition) is 3. The SMILES string of the molecule is Cc1ccc(CCC(=O)Nc2ccc3c(c2)N(Cc2ccccc2F)C(=O)C(C)O3)cc1. The van der Waals surface area contributed by atoms with E-state index in [9.17, 15) is 14.0 Å². The number of nitrogens with one attached hydrogen (secondary N) is 1. The number of carbonyl (C=O) groups excluding carboxylic acids is 2. The molecule has 1 aliphatic rings. The summed E-state index contributed by atoms with van der Waals surface area (Å²) in [7, 11) is 0. The number of carbonyl (C=O) groups is 2. The summed E-state index contributed by atoms with van der Waals surface area (Å²) in [4.78, 5) is 26.8. The first-order valence-corrected chi connectivity index (χ1v) is 10.6. The van der Waals surface area contributed by atoms with Crippen molar-refractivity contribution in [1.82, 2.24) is 0 Å². The van der Waals surface area contributed by atoms with Crippen LogP contribution in [0.3, 0.4) is 0 Å². The number of aryl methyl sites for hydroxylation is 2. The number of amides is 2. The topological polar surface area (TPSA) is 58.6 Å². The van der Waals surface area contributed by atoms with Gasteiger partial charge in [0.25, 0.3) is 5.91 Å². The smallest absolute Gasteiger partial charge is 0.268 e. The van der Waals surface area contributed by atoms with E-state index in [1.54, 1.807) is 43.3 Å². The van der Waals surface area contributed by atoms with Gasteiger partial charge in [-0.15, -0.1) is 0 Å². The number of halogens is 1. The highest BCUT2D eigenvalue weighted by molar-refractivity contribution is 6.01. The molecule has 0 spiro atoms. The van der Waals surface area contributed by atoms with Crippen LogP contribution in [0.15, 0.2) is 66.7 Å². The van der Waals surface area contributed by atoms with Crippen LogP contribution < -0.4 is 15.0 Å². The summed E-state index contributed by atoms with van der Waals surface area (Å²) in [5, 5.41) is 2.89. The lowest BCUT2D eigenvalue weighted by Gasteiger charge is -2.33. The van der Waals surface area contributed by atoms with Gasteiger partial charge in [-0.1, -0.05) is 48.0 Å². The number of fused-ring (bicyclic) bond motifs is 1. The van der Waals surface area contributed by atoms with Gasteiger partial charge in [0.15, 0.2) is 6.10 Å². The van der Waals surface area contributed by atoms with Crippen molar-refractivity contribution in [2.45, 2.75) is 39.3 Å². The Morgan fingerprint density at radius 1 is 1.09 bits per heavy atom. The highest BCUT2D eigenvalue weighted by atomic mass is 19.1. The number of hydrogen-bond donors (Lipinski definition) is 1. The Kier molecular flexibility index (Phi) is 6.21. The number of ether oxygens (including phenoxy) is 1. The van der Waals surface area contributed by atoms with Gasteiger partial charge in [-0.05, 0) is 50.1 Å². The van der Waals surface area contributed by atoms with Gasteiger partial charge in [0.1, 0.15) is 11.6 Å². The molecule has 0 fully saturated rings. The van der Waals surface area contributed by atoms with E-state index in [4.69, 9.17) is 4.74 Å². The molecule has 0 saturated heterocycles. The molecule has 0 aromatic heterocycles. The van der Waals surface area contributed by atoms with Crippen molar-refractivity contribution >= 4 is 23.2 Å². The van der Waals surface area contributed by atoms with E-state index in [0.717, 1.165) is 5.56 Å². The van der Waals surface area contributed by atoms with E-state index in [-0.39, 0.29) is 24.2 Å². The number of benzene rings is 3. The first kappa shape index (κ1) is 21.6. The van der Waals surface area contributed by atoms with Gasteiger partial charge in [0.05, 0.1) is 12.2 Å². The second-order valence-electron chi connectivity index (χ2n) is 7.99. The van der Waals surface area contributed by atoms with Gasteiger partial charge >= 0.3 is 0 Å². The zero-order valence-corrected chi connectivity index (χ0v) is 18.1. The molecule has 3 aromatic carbocycles. The molecular weight excluding hydrogens is 407 g/mol. The quantitative estimate of drug-likeness (QED) is 0.595. The van der Waals surface area contributed by atoms with Crippen LogP contribution >= 0.6 is 0 Å². The minimum Gasteiger partial charge on any atom is -0.479 e. The first-order valence-electron chi connectivity index (χ1n) is 10.6. The lowest BCUT2D eigenvalue weighted by atomic mass is 10.1. The van der Waals surface area contributed by atoms with Crippen molar-refractivity contribution in [2.24, 2.45) is 0 Å². The van der Waals surface area contributed by atoms with Crippen LogP contribution in [0.1, 0.15) is 30.0 Å². The zero-order chi connectivity index (χ0) is 22.7.